The summed E-state index contributed by atoms with van der Waals surface area (Å²) < 4.78 is 53.6. The third-order valence-corrected chi connectivity index (χ3v) is 4.15. The second-order valence-electron chi connectivity index (χ2n) is 5.39. The van der Waals surface area contributed by atoms with E-state index in [4.69, 9.17) is 27.9 Å². The van der Waals surface area contributed by atoms with E-state index in [2.05, 4.69) is 9.47 Å². The lowest BCUT2D eigenvalue weighted by molar-refractivity contribution is -0.199. The largest absolute Gasteiger partial charge is 0.465 e. The van der Waals surface area contributed by atoms with E-state index >= 15 is 0 Å². The molecule has 1 aromatic carbocycles. The van der Waals surface area contributed by atoms with Gasteiger partial charge in [0.1, 0.15) is 11.4 Å². The van der Waals surface area contributed by atoms with E-state index in [9.17, 15) is 22.8 Å². The lowest BCUT2D eigenvalue weighted by Gasteiger charge is -2.25. The quantitative estimate of drug-likeness (QED) is 0.473. The number of methoxy groups -OCH3 is 2. The van der Waals surface area contributed by atoms with Gasteiger partial charge in [0.15, 0.2) is 0 Å². The van der Waals surface area contributed by atoms with Crippen molar-refractivity contribution in [2.75, 3.05) is 19.1 Å². The second-order valence-corrected chi connectivity index (χ2v) is 6.18. The summed E-state index contributed by atoms with van der Waals surface area (Å²) in [6.45, 7) is 0. The minimum Gasteiger partial charge on any atom is -0.465 e. The third-order valence-electron chi connectivity index (χ3n) is 3.57. The van der Waals surface area contributed by atoms with Crippen LogP contribution in [0.4, 0.5) is 18.9 Å². The van der Waals surface area contributed by atoms with Crippen LogP contribution in [0.15, 0.2) is 53.9 Å². The first kappa shape index (κ1) is 22.6. The maximum absolute atomic E-state index is 13.5. The third kappa shape index (κ3) is 5.04. The number of halogens is 5. The molecule has 0 spiro atoms. The first-order valence-corrected chi connectivity index (χ1v) is 8.63. The van der Waals surface area contributed by atoms with Crippen LogP contribution in [-0.2, 0) is 19.1 Å². The van der Waals surface area contributed by atoms with Crippen LogP contribution in [0.25, 0.3) is 0 Å². The first-order valence-electron chi connectivity index (χ1n) is 7.82. The van der Waals surface area contributed by atoms with Gasteiger partial charge in [0.05, 0.1) is 30.5 Å². The molecule has 0 saturated carbocycles. The zero-order chi connectivity index (χ0) is 21.8. The van der Waals surface area contributed by atoms with Crippen molar-refractivity contribution in [1.29, 1.82) is 0 Å². The molecule has 0 amide bonds. The molecular formula is C18H14Cl2F3NO5. The number of alkyl halides is 4. The fourth-order valence-corrected chi connectivity index (χ4v) is 2.55. The second kappa shape index (κ2) is 9.23. The number of anilines is 1. The molecule has 11 heteroatoms. The molecule has 0 N–H and O–H groups in total. The number of hydrogen-bond donors (Lipinski definition) is 0. The molecule has 0 aliphatic carbocycles. The van der Waals surface area contributed by atoms with Crippen LogP contribution in [0.5, 0.6) is 5.75 Å². The number of carbonyl (C=O) groups is 2. The van der Waals surface area contributed by atoms with Gasteiger partial charge in [-0.05, 0) is 24.3 Å². The van der Waals surface area contributed by atoms with Crippen LogP contribution in [0.2, 0.25) is 5.02 Å². The maximum Gasteiger partial charge on any atom is 0.444 e. The van der Waals surface area contributed by atoms with Gasteiger partial charge in [-0.15, -0.1) is 0 Å². The molecule has 0 saturated heterocycles. The monoisotopic (exact) mass is 451 g/mol. The number of hydrogen-bond acceptors (Lipinski definition) is 6. The predicted molar refractivity (Wildman–Crippen MR) is 99.6 cm³/mol. The van der Waals surface area contributed by atoms with Gasteiger partial charge in [0.2, 0.25) is 0 Å². The van der Waals surface area contributed by atoms with Crippen molar-refractivity contribution in [3.63, 3.8) is 0 Å². The lowest BCUT2D eigenvalue weighted by atomic mass is 10.1. The Kier molecular flexibility index (Phi) is 7.21. The lowest BCUT2D eigenvalue weighted by Crippen LogP contribution is -2.33. The first-order chi connectivity index (χ1) is 13.6. The Morgan fingerprint density at radius 3 is 2.38 bits per heavy atom. The fourth-order valence-electron chi connectivity index (χ4n) is 2.29. The molecule has 29 heavy (non-hydrogen) atoms. The molecule has 1 aliphatic heterocycles. The molecular weight excluding hydrogens is 438 g/mol. The normalized spacial score (nSPS) is 15.1. The highest BCUT2D eigenvalue weighted by Crippen LogP contribution is 2.37. The number of benzene rings is 1. The Morgan fingerprint density at radius 2 is 1.79 bits per heavy atom. The summed E-state index contributed by atoms with van der Waals surface area (Å²) in [5.41, 5.74) is -3.61. The standard InChI is InChI=1S/C18H14Cl2F3NO5/c1-27-15(25)11-5-3-4-8-24(14(11)16(26)28-2)13-9-10(6-7-12(13)19)29-18(22,23)17(20)21/h3-9,17H,1-2H3. The van der Waals surface area contributed by atoms with Crippen LogP contribution in [-0.4, -0.2) is 37.9 Å². The molecule has 1 heterocycles. The summed E-state index contributed by atoms with van der Waals surface area (Å²) in [7, 11) is 2.20. The number of allylic oxidation sites excluding steroid dienone is 2. The van der Waals surface area contributed by atoms with Gasteiger partial charge in [0, 0.05) is 12.3 Å². The predicted octanol–water partition coefficient (Wildman–Crippen LogP) is 4.34. The molecule has 1 unspecified atom stereocenters. The molecule has 1 aromatic rings. The average Bonchev–Trinajstić information content (AvgIpc) is 2.90. The fraction of sp³-hybridized carbons (Fsp3) is 0.222. The van der Waals surface area contributed by atoms with E-state index in [0.717, 1.165) is 31.3 Å². The van der Waals surface area contributed by atoms with Crippen molar-refractivity contribution < 1.29 is 37.0 Å². The molecule has 1 aliphatic rings. The highest BCUT2D eigenvalue weighted by molar-refractivity contribution is 6.33. The van der Waals surface area contributed by atoms with Crippen molar-refractivity contribution in [2.45, 2.75) is 11.7 Å². The highest BCUT2D eigenvalue weighted by atomic mass is 35.5. The van der Waals surface area contributed by atoms with Gasteiger partial charge in [-0.25, -0.2) is 14.0 Å². The topological polar surface area (TPSA) is 65.1 Å². The van der Waals surface area contributed by atoms with E-state index in [1.165, 1.54) is 30.5 Å². The Morgan fingerprint density at radius 1 is 1.14 bits per heavy atom. The smallest absolute Gasteiger partial charge is 0.444 e. The molecule has 0 fully saturated rings. The van der Waals surface area contributed by atoms with Gasteiger partial charge in [0.25, 0.3) is 5.63 Å². The average molecular weight is 452 g/mol. The van der Waals surface area contributed by atoms with Crippen LogP contribution < -0.4 is 9.64 Å². The molecule has 156 valence electrons. The van der Waals surface area contributed by atoms with Crippen molar-refractivity contribution in [3.05, 3.63) is 58.9 Å². The highest BCUT2D eigenvalue weighted by Gasteiger charge is 2.42. The Bertz CT molecular complexity index is 899. The molecule has 0 bridgehead atoms. The van der Waals surface area contributed by atoms with Crippen LogP contribution in [0.3, 0.4) is 0 Å². The van der Waals surface area contributed by atoms with E-state index in [1.54, 1.807) is 0 Å². The Balaban J connectivity index is 2.62. The minimum absolute atomic E-state index is 0.000470. The van der Waals surface area contributed by atoms with Crippen LogP contribution in [0, 0.1) is 0 Å². The van der Waals surface area contributed by atoms with E-state index in [-0.39, 0.29) is 22.0 Å². The summed E-state index contributed by atoms with van der Waals surface area (Å²) in [6, 6.07) is 3.26. The zero-order valence-electron chi connectivity index (χ0n) is 15.0. The van der Waals surface area contributed by atoms with Crippen molar-refractivity contribution in [3.8, 4) is 5.75 Å². The van der Waals surface area contributed by atoms with E-state index < -0.39 is 29.4 Å². The number of esters is 2. The molecule has 2 rings (SSSR count). The number of rotatable bonds is 6. The Labute approximate surface area is 173 Å². The molecule has 1 atom stereocenters. The SMILES string of the molecule is COC(=O)C1=C(C(=O)OC)N(c2cc(OC(F)(F)C(F)Cl)ccc2Cl)C=CC=C1. The number of ether oxygens (including phenoxy) is 3. The van der Waals surface area contributed by atoms with E-state index in [0.29, 0.717) is 0 Å². The maximum atomic E-state index is 13.5. The van der Waals surface area contributed by atoms with E-state index in [1.807, 2.05) is 0 Å². The summed E-state index contributed by atoms with van der Waals surface area (Å²) in [4.78, 5) is 25.6. The molecule has 6 nitrogen and oxygen atoms in total. The van der Waals surface area contributed by atoms with Crippen molar-refractivity contribution in [1.82, 2.24) is 0 Å². The van der Waals surface area contributed by atoms with Crippen molar-refractivity contribution >= 4 is 40.8 Å². The number of carbonyl (C=O) groups excluding carboxylic acids is 2. The molecule has 0 radical (unpaired) electrons. The van der Waals surface area contributed by atoms with Crippen LogP contribution >= 0.6 is 23.2 Å². The summed E-state index contributed by atoms with van der Waals surface area (Å²) in [5, 5.41) is 0.000470. The summed E-state index contributed by atoms with van der Waals surface area (Å²) in [6.07, 6.45) is 1.22. The zero-order valence-corrected chi connectivity index (χ0v) is 16.5. The van der Waals surface area contributed by atoms with Gasteiger partial charge < -0.3 is 19.1 Å². The van der Waals surface area contributed by atoms with Gasteiger partial charge in [-0.2, -0.15) is 8.78 Å². The minimum atomic E-state index is -4.32. The summed E-state index contributed by atoms with van der Waals surface area (Å²) in [5.74, 6) is -2.28. The van der Waals surface area contributed by atoms with Gasteiger partial charge in [-0.3, -0.25) is 0 Å². The van der Waals surface area contributed by atoms with Gasteiger partial charge >= 0.3 is 18.0 Å². The molecule has 0 aromatic heterocycles. The van der Waals surface area contributed by atoms with Gasteiger partial charge in [-0.1, -0.05) is 29.3 Å². The number of nitrogens with zero attached hydrogens (tertiary/aromatic N) is 1. The van der Waals surface area contributed by atoms with Crippen molar-refractivity contribution in [2.24, 2.45) is 0 Å². The van der Waals surface area contributed by atoms with Crippen LogP contribution in [0.1, 0.15) is 0 Å². The summed E-state index contributed by atoms with van der Waals surface area (Å²) >= 11 is 11.0. The Hall–Kier alpha value is -2.65.